The van der Waals surface area contributed by atoms with Crippen molar-refractivity contribution < 1.29 is 4.79 Å². The van der Waals surface area contributed by atoms with E-state index in [9.17, 15) is 4.79 Å². The van der Waals surface area contributed by atoms with Gasteiger partial charge in [0.2, 0.25) is 0 Å². The quantitative estimate of drug-likeness (QED) is 0.927. The molecule has 2 amide bonds. The number of carbonyl (C=O) groups excluding carboxylic acids is 1. The zero-order valence-corrected chi connectivity index (χ0v) is 14.9. The molecule has 0 bridgehead atoms. The lowest BCUT2D eigenvalue weighted by Gasteiger charge is -2.37. The summed E-state index contributed by atoms with van der Waals surface area (Å²) in [5.74, 6) is 1.22. The molecule has 5 nitrogen and oxygen atoms in total. The lowest BCUT2D eigenvalue weighted by molar-refractivity contribution is 0.135. The van der Waals surface area contributed by atoms with Crippen LogP contribution in [0.15, 0.2) is 24.4 Å². The van der Waals surface area contributed by atoms with Crippen LogP contribution < -0.4 is 5.32 Å². The summed E-state index contributed by atoms with van der Waals surface area (Å²) in [6.07, 6.45) is 5.13. The van der Waals surface area contributed by atoms with E-state index in [1.807, 2.05) is 23.2 Å². The van der Waals surface area contributed by atoms with Crippen LogP contribution in [0.5, 0.6) is 0 Å². The minimum Gasteiger partial charge on any atom is -0.335 e. The van der Waals surface area contributed by atoms with Crippen LogP contribution in [0.25, 0.3) is 0 Å². The Morgan fingerprint density at radius 1 is 1.21 bits per heavy atom. The largest absolute Gasteiger partial charge is 0.335 e. The van der Waals surface area contributed by atoms with Gasteiger partial charge in [0.25, 0.3) is 0 Å². The molecule has 2 saturated heterocycles. The maximum atomic E-state index is 12.5. The fraction of sp³-hybridized carbons (Fsp3) is 0.684. The third kappa shape index (κ3) is 4.69. The number of hydrogen-bond acceptors (Lipinski definition) is 3. The molecular formula is C19H30N4O. The smallest absolute Gasteiger partial charge is 0.317 e. The summed E-state index contributed by atoms with van der Waals surface area (Å²) in [4.78, 5) is 21.4. The second-order valence-corrected chi connectivity index (χ2v) is 7.67. The van der Waals surface area contributed by atoms with Crippen molar-refractivity contribution in [2.45, 2.75) is 45.7 Å². The number of rotatable bonds is 3. The van der Waals surface area contributed by atoms with Crippen molar-refractivity contribution in [1.82, 2.24) is 20.1 Å². The van der Waals surface area contributed by atoms with Gasteiger partial charge in [-0.3, -0.25) is 9.88 Å². The number of nitrogens with one attached hydrogen (secondary N) is 1. The Morgan fingerprint density at radius 3 is 2.54 bits per heavy atom. The molecule has 2 aliphatic heterocycles. The van der Waals surface area contributed by atoms with Crippen LogP contribution >= 0.6 is 0 Å². The van der Waals surface area contributed by atoms with Gasteiger partial charge in [0.15, 0.2) is 0 Å². The Balaban J connectivity index is 1.42. The number of likely N-dealkylation sites (tertiary alicyclic amines) is 2. The molecule has 0 spiro atoms. The third-order valence-corrected chi connectivity index (χ3v) is 5.18. The number of hydrogen-bond donors (Lipinski definition) is 1. The SMILES string of the molecule is CC1CC(C)CN(C(=O)NC2CCN(Cc3ccccn3)CC2)C1. The maximum Gasteiger partial charge on any atom is 0.317 e. The first-order valence-corrected chi connectivity index (χ1v) is 9.28. The van der Waals surface area contributed by atoms with Crippen LogP contribution in [0.4, 0.5) is 4.79 Å². The van der Waals surface area contributed by atoms with Gasteiger partial charge in [0.05, 0.1) is 5.69 Å². The number of urea groups is 1. The van der Waals surface area contributed by atoms with Gasteiger partial charge in [0, 0.05) is 45.0 Å². The molecule has 3 heterocycles. The van der Waals surface area contributed by atoms with Crippen molar-refractivity contribution in [2.75, 3.05) is 26.2 Å². The van der Waals surface area contributed by atoms with Crippen molar-refractivity contribution >= 4 is 6.03 Å². The highest BCUT2D eigenvalue weighted by atomic mass is 16.2. The van der Waals surface area contributed by atoms with Crippen molar-refractivity contribution in [2.24, 2.45) is 11.8 Å². The average molecular weight is 330 g/mol. The van der Waals surface area contributed by atoms with E-state index < -0.39 is 0 Å². The van der Waals surface area contributed by atoms with Gasteiger partial charge in [-0.25, -0.2) is 4.79 Å². The monoisotopic (exact) mass is 330 g/mol. The topological polar surface area (TPSA) is 48.5 Å². The van der Waals surface area contributed by atoms with E-state index in [2.05, 4.69) is 35.1 Å². The first-order valence-electron chi connectivity index (χ1n) is 9.28. The molecule has 24 heavy (non-hydrogen) atoms. The molecule has 3 rings (SSSR count). The molecule has 2 aliphatic rings. The van der Waals surface area contributed by atoms with Crippen molar-refractivity contribution in [1.29, 1.82) is 0 Å². The van der Waals surface area contributed by atoms with Crippen LogP contribution in [0.3, 0.4) is 0 Å². The van der Waals surface area contributed by atoms with E-state index in [4.69, 9.17) is 0 Å². The molecule has 5 heteroatoms. The number of piperidine rings is 2. The number of aromatic nitrogens is 1. The predicted octanol–water partition coefficient (Wildman–Crippen LogP) is 2.73. The van der Waals surface area contributed by atoms with E-state index >= 15 is 0 Å². The third-order valence-electron chi connectivity index (χ3n) is 5.18. The van der Waals surface area contributed by atoms with E-state index in [-0.39, 0.29) is 6.03 Å². The zero-order valence-electron chi connectivity index (χ0n) is 14.9. The molecule has 1 aromatic heterocycles. The van der Waals surface area contributed by atoms with Gasteiger partial charge in [-0.1, -0.05) is 19.9 Å². The van der Waals surface area contributed by atoms with E-state index in [0.29, 0.717) is 17.9 Å². The van der Waals surface area contributed by atoms with Gasteiger partial charge in [-0.05, 0) is 43.2 Å². The highest BCUT2D eigenvalue weighted by Gasteiger charge is 2.28. The molecule has 132 valence electrons. The van der Waals surface area contributed by atoms with Crippen LogP contribution in [0.1, 0.15) is 38.8 Å². The molecule has 2 fully saturated rings. The maximum absolute atomic E-state index is 12.5. The summed E-state index contributed by atoms with van der Waals surface area (Å²) in [6.45, 7) is 9.23. The zero-order chi connectivity index (χ0) is 16.9. The van der Waals surface area contributed by atoms with Gasteiger partial charge < -0.3 is 10.2 Å². The molecule has 1 aromatic rings. The Kier molecular flexibility index (Phi) is 5.72. The van der Waals surface area contributed by atoms with Crippen molar-refractivity contribution in [3.8, 4) is 0 Å². The fourth-order valence-corrected chi connectivity index (χ4v) is 4.05. The molecule has 1 N–H and O–H groups in total. The number of nitrogens with zero attached hydrogens (tertiary/aromatic N) is 3. The number of pyridine rings is 1. The highest BCUT2D eigenvalue weighted by molar-refractivity contribution is 5.74. The van der Waals surface area contributed by atoms with E-state index in [1.165, 1.54) is 6.42 Å². The minimum atomic E-state index is 0.136. The van der Waals surface area contributed by atoms with E-state index in [0.717, 1.165) is 51.3 Å². The predicted molar refractivity (Wildman–Crippen MR) is 95.6 cm³/mol. The molecule has 0 aromatic carbocycles. The highest BCUT2D eigenvalue weighted by Crippen LogP contribution is 2.21. The summed E-state index contributed by atoms with van der Waals surface area (Å²) in [5.41, 5.74) is 1.12. The van der Waals surface area contributed by atoms with Crippen LogP contribution in [0, 0.1) is 11.8 Å². The first kappa shape index (κ1) is 17.2. The first-order chi connectivity index (χ1) is 11.6. The summed E-state index contributed by atoms with van der Waals surface area (Å²) in [7, 11) is 0. The second kappa shape index (κ2) is 7.97. The second-order valence-electron chi connectivity index (χ2n) is 7.67. The summed E-state index contributed by atoms with van der Waals surface area (Å²) < 4.78 is 0. The molecule has 0 saturated carbocycles. The minimum absolute atomic E-state index is 0.136. The Labute approximate surface area is 145 Å². The lowest BCUT2D eigenvalue weighted by Crippen LogP contribution is -2.52. The van der Waals surface area contributed by atoms with Gasteiger partial charge >= 0.3 is 6.03 Å². The molecular weight excluding hydrogens is 300 g/mol. The Hall–Kier alpha value is -1.62. The summed E-state index contributed by atoms with van der Waals surface area (Å²) >= 11 is 0. The Bertz CT molecular complexity index is 517. The standard InChI is InChI=1S/C19H30N4O/c1-15-11-16(2)13-23(12-15)19(24)21-17-6-9-22(10-7-17)14-18-5-3-4-8-20-18/h3-5,8,15-17H,6-7,9-14H2,1-2H3,(H,21,24). The molecule has 2 unspecified atom stereocenters. The Morgan fingerprint density at radius 2 is 1.92 bits per heavy atom. The van der Waals surface area contributed by atoms with Crippen LogP contribution in [-0.2, 0) is 6.54 Å². The van der Waals surface area contributed by atoms with Gasteiger partial charge in [0.1, 0.15) is 0 Å². The van der Waals surface area contributed by atoms with Gasteiger partial charge in [-0.2, -0.15) is 0 Å². The molecule has 0 aliphatic carbocycles. The lowest BCUT2D eigenvalue weighted by atomic mass is 9.92. The van der Waals surface area contributed by atoms with Crippen LogP contribution in [-0.4, -0.2) is 53.0 Å². The number of amides is 2. The van der Waals surface area contributed by atoms with Crippen molar-refractivity contribution in [3.63, 3.8) is 0 Å². The van der Waals surface area contributed by atoms with E-state index in [1.54, 1.807) is 0 Å². The van der Waals surface area contributed by atoms with Crippen LogP contribution in [0.2, 0.25) is 0 Å². The number of carbonyl (C=O) groups is 1. The van der Waals surface area contributed by atoms with Gasteiger partial charge in [-0.15, -0.1) is 0 Å². The summed E-state index contributed by atoms with van der Waals surface area (Å²) in [5, 5.41) is 3.26. The van der Waals surface area contributed by atoms with Crippen molar-refractivity contribution in [3.05, 3.63) is 30.1 Å². The summed E-state index contributed by atoms with van der Waals surface area (Å²) in [6, 6.07) is 6.51. The molecule has 0 radical (unpaired) electrons. The average Bonchev–Trinajstić information content (AvgIpc) is 2.57. The fourth-order valence-electron chi connectivity index (χ4n) is 4.05. The normalized spacial score (nSPS) is 26.3. The molecule has 2 atom stereocenters.